The number of hydrogen-bond acceptors (Lipinski definition) is 2. The maximum Gasteiger partial charge on any atom is 0.256 e. The summed E-state index contributed by atoms with van der Waals surface area (Å²) in [5.41, 5.74) is 2.93. The molecule has 3 rings (SSSR count). The van der Waals surface area contributed by atoms with E-state index in [1.165, 1.54) is 31.2 Å². The van der Waals surface area contributed by atoms with Crippen LogP contribution in [0.4, 0.5) is 5.82 Å². The van der Waals surface area contributed by atoms with Crippen LogP contribution in [0.5, 0.6) is 0 Å². The standard InChI is InChI=1S/C18H20N2O/c1-13-5-4-8-17(19-13)20-18(21)16-11-9-15(10-12-16)14-6-2-3-7-14/h4-5,8-12,14H,2-3,6-7H2,1H3,(H,19,20,21). The second kappa shape index (κ2) is 6.08. The molecular formula is C18H20N2O. The highest BCUT2D eigenvalue weighted by molar-refractivity contribution is 6.03. The maximum atomic E-state index is 12.2. The fourth-order valence-corrected chi connectivity index (χ4v) is 2.97. The third-order valence-corrected chi connectivity index (χ3v) is 4.13. The van der Waals surface area contributed by atoms with E-state index >= 15 is 0 Å². The first kappa shape index (κ1) is 13.8. The van der Waals surface area contributed by atoms with Crippen LogP contribution in [0.2, 0.25) is 0 Å². The first-order valence-corrected chi connectivity index (χ1v) is 7.57. The Kier molecular flexibility index (Phi) is 4.00. The van der Waals surface area contributed by atoms with Gasteiger partial charge in [0.1, 0.15) is 5.82 Å². The normalized spacial score (nSPS) is 15.1. The SMILES string of the molecule is Cc1cccc(NC(=O)c2ccc(C3CCCC3)cc2)n1. The van der Waals surface area contributed by atoms with Crippen LogP contribution < -0.4 is 5.32 Å². The fraction of sp³-hybridized carbons (Fsp3) is 0.333. The summed E-state index contributed by atoms with van der Waals surface area (Å²) >= 11 is 0. The number of aromatic nitrogens is 1. The van der Waals surface area contributed by atoms with Crippen molar-refractivity contribution >= 4 is 11.7 Å². The van der Waals surface area contributed by atoms with E-state index in [1.807, 2.05) is 31.2 Å². The van der Waals surface area contributed by atoms with Gasteiger partial charge in [-0.1, -0.05) is 31.0 Å². The average molecular weight is 280 g/mol. The maximum absolute atomic E-state index is 12.2. The van der Waals surface area contributed by atoms with Crippen LogP contribution in [0, 0.1) is 6.92 Å². The minimum atomic E-state index is -0.105. The van der Waals surface area contributed by atoms with Gasteiger partial charge in [0.2, 0.25) is 0 Å². The predicted octanol–water partition coefficient (Wildman–Crippen LogP) is 4.30. The lowest BCUT2D eigenvalue weighted by Crippen LogP contribution is -2.13. The first-order chi connectivity index (χ1) is 10.2. The lowest BCUT2D eigenvalue weighted by molar-refractivity contribution is 0.102. The highest BCUT2D eigenvalue weighted by atomic mass is 16.1. The first-order valence-electron chi connectivity index (χ1n) is 7.57. The number of rotatable bonds is 3. The van der Waals surface area contributed by atoms with Crippen molar-refractivity contribution in [2.75, 3.05) is 5.32 Å². The van der Waals surface area contributed by atoms with Crippen LogP contribution >= 0.6 is 0 Å². The highest BCUT2D eigenvalue weighted by Gasteiger charge is 2.17. The Balaban J connectivity index is 1.70. The van der Waals surface area contributed by atoms with Gasteiger partial charge in [-0.15, -0.1) is 0 Å². The molecule has 1 aliphatic rings. The summed E-state index contributed by atoms with van der Waals surface area (Å²) in [6, 6.07) is 13.6. The molecular weight excluding hydrogens is 260 g/mol. The zero-order valence-corrected chi connectivity index (χ0v) is 12.3. The van der Waals surface area contributed by atoms with Gasteiger partial charge in [-0.05, 0) is 55.5 Å². The van der Waals surface area contributed by atoms with Gasteiger partial charge in [-0.2, -0.15) is 0 Å². The van der Waals surface area contributed by atoms with Gasteiger partial charge in [0.25, 0.3) is 5.91 Å². The minimum absolute atomic E-state index is 0.105. The van der Waals surface area contributed by atoms with Gasteiger partial charge in [0, 0.05) is 11.3 Å². The number of amides is 1. The molecule has 21 heavy (non-hydrogen) atoms. The van der Waals surface area contributed by atoms with Crippen LogP contribution in [0.3, 0.4) is 0 Å². The molecule has 1 fully saturated rings. The molecule has 0 atom stereocenters. The van der Waals surface area contributed by atoms with E-state index < -0.39 is 0 Å². The number of hydrogen-bond donors (Lipinski definition) is 1. The van der Waals surface area contributed by atoms with E-state index in [0.29, 0.717) is 17.3 Å². The van der Waals surface area contributed by atoms with E-state index in [2.05, 4.69) is 22.4 Å². The molecule has 1 saturated carbocycles. The summed E-state index contributed by atoms with van der Waals surface area (Å²) < 4.78 is 0. The van der Waals surface area contributed by atoms with E-state index in [4.69, 9.17) is 0 Å². The molecule has 0 bridgehead atoms. The van der Waals surface area contributed by atoms with Gasteiger partial charge in [-0.3, -0.25) is 4.79 Å². The third-order valence-electron chi connectivity index (χ3n) is 4.13. The molecule has 1 aromatic carbocycles. The summed E-state index contributed by atoms with van der Waals surface area (Å²) in [6.07, 6.45) is 5.20. The molecule has 3 heteroatoms. The summed E-state index contributed by atoms with van der Waals surface area (Å²) in [5.74, 6) is 1.17. The van der Waals surface area contributed by atoms with E-state index in [-0.39, 0.29) is 5.91 Å². The predicted molar refractivity (Wildman–Crippen MR) is 84.6 cm³/mol. The summed E-state index contributed by atoms with van der Waals surface area (Å²) in [6.45, 7) is 1.91. The zero-order chi connectivity index (χ0) is 14.7. The number of nitrogens with zero attached hydrogens (tertiary/aromatic N) is 1. The minimum Gasteiger partial charge on any atom is -0.307 e. The summed E-state index contributed by atoms with van der Waals surface area (Å²) in [7, 11) is 0. The number of benzene rings is 1. The molecule has 0 aliphatic heterocycles. The van der Waals surface area contributed by atoms with Gasteiger partial charge in [0.05, 0.1) is 0 Å². The monoisotopic (exact) mass is 280 g/mol. The van der Waals surface area contributed by atoms with Crippen molar-refractivity contribution in [2.24, 2.45) is 0 Å². The van der Waals surface area contributed by atoms with Crippen LogP contribution in [-0.4, -0.2) is 10.9 Å². The van der Waals surface area contributed by atoms with Crippen LogP contribution in [0.15, 0.2) is 42.5 Å². The van der Waals surface area contributed by atoms with E-state index in [1.54, 1.807) is 6.07 Å². The molecule has 0 saturated heterocycles. The van der Waals surface area contributed by atoms with Crippen molar-refractivity contribution in [1.29, 1.82) is 0 Å². The lowest BCUT2D eigenvalue weighted by Gasteiger charge is -2.10. The Hall–Kier alpha value is -2.16. The van der Waals surface area contributed by atoms with Crippen LogP contribution in [0.25, 0.3) is 0 Å². The van der Waals surface area contributed by atoms with Crippen molar-refractivity contribution in [1.82, 2.24) is 4.98 Å². The molecule has 3 nitrogen and oxygen atoms in total. The van der Waals surface area contributed by atoms with Crippen LogP contribution in [-0.2, 0) is 0 Å². The third kappa shape index (κ3) is 3.30. The Morgan fingerprint density at radius 3 is 2.48 bits per heavy atom. The number of carbonyl (C=O) groups is 1. The molecule has 1 N–H and O–H groups in total. The molecule has 2 aromatic rings. The van der Waals surface area contributed by atoms with Gasteiger partial charge in [-0.25, -0.2) is 4.98 Å². The van der Waals surface area contributed by atoms with Gasteiger partial charge in [0.15, 0.2) is 0 Å². The van der Waals surface area contributed by atoms with Gasteiger partial charge >= 0.3 is 0 Å². The van der Waals surface area contributed by atoms with Crippen molar-refractivity contribution in [2.45, 2.75) is 38.5 Å². The van der Waals surface area contributed by atoms with Gasteiger partial charge < -0.3 is 5.32 Å². The van der Waals surface area contributed by atoms with Crippen molar-refractivity contribution in [3.8, 4) is 0 Å². The summed E-state index contributed by atoms with van der Waals surface area (Å²) in [5, 5.41) is 2.84. The van der Waals surface area contributed by atoms with Crippen molar-refractivity contribution in [3.05, 3.63) is 59.3 Å². The molecule has 0 unspecified atom stereocenters. The number of anilines is 1. The number of pyridine rings is 1. The molecule has 0 spiro atoms. The average Bonchev–Trinajstić information content (AvgIpc) is 3.01. The van der Waals surface area contributed by atoms with Crippen molar-refractivity contribution in [3.63, 3.8) is 0 Å². The lowest BCUT2D eigenvalue weighted by atomic mass is 9.96. The Morgan fingerprint density at radius 2 is 1.81 bits per heavy atom. The molecule has 1 amide bonds. The van der Waals surface area contributed by atoms with Crippen molar-refractivity contribution < 1.29 is 4.79 Å². The Morgan fingerprint density at radius 1 is 1.10 bits per heavy atom. The molecule has 1 heterocycles. The quantitative estimate of drug-likeness (QED) is 0.910. The summed E-state index contributed by atoms with van der Waals surface area (Å²) in [4.78, 5) is 16.5. The molecule has 108 valence electrons. The topological polar surface area (TPSA) is 42.0 Å². The molecule has 1 aliphatic carbocycles. The number of nitrogens with one attached hydrogen (secondary N) is 1. The van der Waals surface area contributed by atoms with Crippen LogP contribution in [0.1, 0.15) is 53.2 Å². The van der Waals surface area contributed by atoms with E-state index in [9.17, 15) is 4.79 Å². The second-order valence-corrected chi connectivity index (χ2v) is 5.72. The fourth-order valence-electron chi connectivity index (χ4n) is 2.97. The Labute approximate surface area is 125 Å². The smallest absolute Gasteiger partial charge is 0.256 e. The van der Waals surface area contributed by atoms with E-state index in [0.717, 1.165) is 5.69 Å². The molecule has 1 aromatic heterocycles. The zero-order valence-electron chi connectivity index (χ0n) is 12.3. The largest absolute Gasteiger partial charge is 0.307 e. The number of aryl methyl sites for hydroxylation is 1. The number of carbonyl (C=O) groups excluding carboxylic acids is 1. The Bertz CT molecular complexity index is 628. The highest BCUT2D eigenvalue weighted by Crippen LogP contribution is 2.33. The second-order valence-electron chi connectivity index (χ2n) is 5.72. The molecule has 0 radical (unpaired) electrons.